The van der Waals surface area contributed by atoms with E-state index in [1.807, 2.05) is 0 Å². The first-order valence-corrected chi connectivity index (χ1v) is 11.9. The molecule has 0 aliphatic carbocycles. The molecule has 1 aliphatic heterocycles. The summed E-state index contributed by atoms with van der Waals surface area (Å²) in [5, 5.41) is 10.5. The number of rotatable bonds is 9. The van der Waals surface area contributed by atoms with Crippen molar-refractivity contribution in [3.8, 4) is 5.88 Å². The molecule has 0 amide bonds. The average Bonchev–Trinajstić information content (AvgIpc) is 3.04. The van der Waals surface area contributed by atoms with Crippen molar-refractivity contribution in [1.29, 1.82) is 0 Å². The molecule has 0 spiro atoms. The average molecular weight is 477 g/mol. The SMILES string of the molecule is CCO.CCOc1nc(N)nc(NC2CCC(CO[P+](O)(O)O[P+](O)(O)O)O2)c1N. The van der Waals surface area contributed by atoms with E-state index < -0.39 is 28.7 Å². The highest BCUT2D eigenvalue weighted by Gasteiger charge is 2.58. The number of aliphatic hydroxyl groups excluding tert-OH is 1. The van der Waals surface area contributed by atoms with E-state index in [0.29, 0.717) is 19.4 Å². The molecule has 0 saturated carbocycles. The number of ether oxygens (including phenoxy) is 2. The van der Waals surface area contributed by atoms with Crippen LogP contribution in [0.3, 0.4) is 0 Å². The molecule has 17 heteroatoms. The fourth-order valence-corrected chi connectivity index (χ4v) is 3.95. The zero-order valence-corrected chi connectivity index (χ0v) is 18.2. The summed E-state index contributed by atoms with van der Waals surface area (Å²) >= 11 is 0. The van der Waals surface area contributed by atoms with Crippen LogP contribution in [-0.2, 0) is 13.6 Å². The van der Waals surface area contributed by atoms with E-state index in [-0.39, 0.29) is 36.5 Å². The number of nitrogen functional groups attached to an aromatic ring is 2. The van der Waals surface area contributed by atoms with Crippen LogP contribution >= 0.6 is 16.3 Å². The molecular weight excluding hydrogens is 448 g/mol. The fourth-order valence-electron chi connectivity index (χ4n) is 2.26. The summed E-state index contributed by atoms with van der Waals surface area (Å²) in [6, 6.07) is 0. The van der Waals surface area contributed by atoms with Crippen LogP contribution < -0.4 is 21.5 Å². The molecule has 1 fully saturated rings. The molecule has 1 aliphatic rings. The Morgan fingerprint density at radius 3 is 2.33 bits per heavy atom. The predicted molar refractivity (Wildman–Crippen MR) is 108 cm³/mol. The first-order chi connectivity index (χ1) is 13.9. The largest absolute Gasteiger partial charge is 0.620 e. The maximum atomic E-state index is 9.40. The lowest BCUT2D eigenvalue weighted by atomic mass is 10.2. The number of nitrogens with zero attached hydrogens (tertiary/aromatic N) is 2. The number of nitrogens with two attached hydrogens (primary N) is 2. The van der Waals surface area contributed by atoms with Crippen molar-refractivity contribution >= 4 is 33.8 Å². The lowest BCUT2D eigenvalue weighted by Crippen LogP contribution is -2.24. The zero-order valence-electron chi connectivity index (χ0n) is 16.5. The van der Waals surface area contributed by atoms with Crippen molar-refractivity contribution in [2.45, 2.75) is 39.0 Å². The van der Waals surface area contributed by atoms with E-state index in [1.54, 1.807) is 13.8 Å². The Balaban J connectivity index is 0.00000141. The quantitative estimate of drug-likeness (QED) is 0.200. The number of aromatic nitrogens is 2. The first kappa shape index (κ1) is 26.8. The molecule has 0 bridgehead atoms. The van der Waals surface area contributed by atoms with Gasteiger partial charge in [0.2, 0.25) is 11.8 Å². The number of nitrogens with one attached hydrogen (secondary N) is 1. The van der Waals surface area contributed by atoms with Crippen LogP contribution in [-0.4, -0.2) is 71.7 Å². The summed E-state index contributed by atoms with van der Waals surface area (Å²) in [7, 11) is -9.46. The zero-order chi connectivity index (χ0) is 22.9. The Morgan fingerprint density at radius 2 is 1.77 bits per heavy atom. The Morgan fingerprint density at radius 1 is 1.13 bits per heavy atom. The highest BCUT2D eigenvalue weighted by atomic mass is 31.3. The van der Waals surface area contributed by atoms with Gasteiger partial charge in [0, 0.05) is 6.61 Å². The molecule has 2 unspecified atom stereocenters. The molecule has 2 atom stereocenters. The van der Waals surface area contributed by atoms with Gasteiger partial charge in [0.25, 0.3) is 0 Å². The summed E-state index contributed by atoms with van der Waals surface area (Å²) in [6.07, 6.45) is -0.133. The summed E-state index contributed by atoms with van der Waals surface area (Å²) in [5.74, 6) is 0.327. The van der Waals surface area contributed by atoms with Gasteiger partial charge in [0.15, 0.2) is 5.82 Å². The highest BCUT2D eigenvalue weighted by molar-refractivity contribution is 7.67. The third-order valence-corrected chi connectivity index (χ3v) is 5.47. The van der Waals surface area contributed by atoms with Gasteiger partial charge in [0.1, 0.15) is 18.5 Å². The summed E-state index contributed by atoms with van der Waals surface area (Å²) in [6.45, 7) is 3.71. The second-order valence-corrected chi connectivity index (χ2v) is 8.67. The van der Waals surface area contributed by atoms with Crippen molar-refractivity contribution in [2.24, 2.45) is 0 Å². The molecule has 2 rings (SSSR count). The van der Waals surface area contributed by atoms with Crippen LogP contribution in [0.2, 0.25) is 0 Å². The van der Waals surface area contributed by atoms with E-state index in [4.69, 9.17) is 40.7 Å². The second kappa shape index (κ2) is 12.0. The number of aliphatic hydroxyl groups is 1. The summed E-state index contributed by atoms with van der Waals surface area (Å²) < 4.78 is 19.5. The highest BCUT2D eigenvalue weighted by Crippen LogP contribution is 2.67. The van der Waals surface area contributed by atoms with Crippen LogP contribution in [0.25, 0.3) is 0 Å². The van der Waals surface area contributed by atoms with E-state index >= 15 is 0 Å². The second-order valence-electron chi connectivity index (χ2n) is 5.75. The number of anilines is 3. The van der Waals surface area contributed by atoms with Crippen molar-refractivity contribution in [2.75, 3.05) is 36.6 Å². The molecule has 11 N–H and O–H groups in total. The molecule has 1 saturated heterocycles. The molecule has 1 aromatic heterocycles. The first-order valence-electron chi connectivity index (χ1n) is 8.77. The van der Waals surface area contributed by atoms with Crippen molar-refractivity contribution in [3.63, 3.8) is 0 Å². The smallest absolute Gasteiger partial charge is 0.476 e. The van der Waals surface area contributed by atoms with Crippen LogP contribution in [0.1, 0.15) is 26.7 Å². The normalized spacial score (nSPS) is 19.2. The van der Waals surface area contributed by atoms with Gasteiger partial charge in [-0.25, -0.2) is 0 Å². The molecule has 0 radical (unpaired) electrons. The molecule has 174 valence electrons. The van der Waals surface area contributed by atoms with Crippen LogP contribution in [0.4, 0.5) is 17.5 Å². The van der Waals surface area contributed by atoms with Gasteiger partial charge in [-0.2, -0.15) is 34.4 Å². The van der Waals surface area contributed by atoms with Crippen LogP contribution in [0.5, 0.6) is 5.88 Å². The maximum absolute atomic E-state index is 9.40. The van der Waals surface area contributed by atoms with Gasteiger partial charge in [-0.3, -0.25) is 0 Å². The van der Waals surface area contributed by atoms with E-state index in [0.717, 1.165) is 0 Å². The van der Waals surface area contributed by atoms with E-state index in [2.05, 4.69) is 24.1 Å². The maximum Gasteiger partial charge on any atom is 0.620 e. The van der Waals surface area contributed by atoms with E-state index in [1.165, 1.54) is 0 Å². The molecule has 15 nitrogen and oxygen atoms in total. The van der Waals surface area contributed by atoms with Crippen LogP contribution in [0.15, 0.2) is 0 Å². The minimum Gasteiger partial charge on any atom is -0.476 e. The standard InChI is InChI=1S/C11H23N5O9P2.C2H6O/c1-2-22-10-8(12)9(15-11(13)16-10)14-7-4-3-6(24-7)5-23-27(20,21)25-26(17,18)19;1-2-3/h6-7,17-21H,2-5,12H2,1H3,(H3,13,14,15,16);3H,2H2,1H3/q+2;. The fraction of sp³-hybridized carbons (Fsp3) is 0.692. The Hall–Kier alpha value is -1.22. The monoisotopic (exact) mass is 477 g/mol. The minimum absolute atomic E-state index is 0.0378. The summed E-state index contributed by atoms with van der Waals surface area (Å²) in [4.78, 5) is 52.8. The molecule has 2 heterocycles. The van der Waals surface area contributed by atoms with Gasteiger partial charge in [-0.1, -0.05) is 0 Å². The lowest BCUT2D eigenvalue weighted by molar-refractivity contribution is 0.0155. The van der Waals surface area contributed by atoms with Crippen molar-refractivity contribution in [1.82, 2.24) is 9.97 Å². The Bertz CT molecular complexity index is 666. The number of hydrogen-bond donors (Lipinski definition) is 9. The number of hydrogen-bond acceptors (Lipinski definition) is 15. The molecular formula is C13H29N5O10P2+2. The third kappa shape index (κ3) is 9.73. The van der Waals surface area contributed by atoms with Gasteiger partial charge in [0.05, 0.1) is 17.0 Å². The van der Waals surface area contributed by atoms with Crippen molar-refractivity contribution in [3.05, 3.63) is 0 Å². The molecule has 1 aromatic rings. The Labute approximate surface area is 173 Å². The van der Waals surface area contributed by atoms with Gasteiger partial charge in [-0.15, -0.1) is 4.52 Å². The topological polar surface area (TPSA) is 248 Å². The third-order valence-electron chi connectivity index (χ3n) is 3.26. The Kier molecular flexibility index (Phi) is 10.7. The van der Waals surface area contributed by atoms with Gasteiger partial charge < -0.3 is 31.4 Å². The molecule has 30 heavy (non-hydrogen) atoms. The van der Waals surface area contributed by atoms with Gasteiger partial charge in [-0.05, 0) is 26.7 Å². The molecule has 0 aromatic carbocycles. The summed E-state index contributed by atoms with van der Waals surface area (Å²) in [5.41, 5.74) is 11.7. The predicted octanol–water partition coefficient (Wildman–Crippen LogP) is -0.695. The van der Waals surface area contributed by atoms with E-state index in [9.17, 15) is 9.79 Å². The lowest BCUT2D eigenvalue weighted by Gasteiger charge is -2.17. The minimum atomic E-state index is -4.86. The van der Waals surface area contributed by atoms with Gasteiger partial charge >= 0.3 is 16.3 Å². The van der Waals surface area contributed by atoms with Crippen LogP contribution in [0, 0.1) is 0 Å². The van der Waals surface area contributed by atoms with Crippen molar-refractivity contribution < 1.29 is 47.9 Å².